The topological polar surface area (TPSA) is 96.4 Å². The molecule has 0 saturated carbocycles. The molecule has 0 aromatic heterocycles. The molecule has 3 saturated heterocycles. The maximum atomic E-state index is 14.6. The number of nitrogens with zero attached hydrogens (tertiary/aromatic N) is 2. The minimum absolute atomic E-state index is 0.108. The van der Waals surface area contributed by atoms with Crippen LogP contribution in [0.1, 0.15) is 46.5 Å². The standard InChI is InChI=1S/C30H39ClN2O6/c1-6-9-17-38-28(37)24-23-26(35)33(22(18-34)19(4)8-3)25(30(23)15-14-29(24,5)39-30)27(36)32(16-7-2)21-13-11-10-12-20(21)31/h6-7,10-13,19,22-25,34H,1-2,8-9,14-18H2,3-5H3/t19-,22-,23-,24-,25?,29+,30?/m0/s1. The zero-order chi connectivity index (χ0) is 28.5. The van der Waals surface area contributed by atoms with Crippen LogP contribution in [0.5, 0.6) is 0 Å². The number of esters is 1. The number of carbonyl (C=O) groups excluding carboxylic acids is 3. The summed E-state index contributed by atoms with van der Waals surface area (Å²) in [5.41, 5.74) is -1.71. The molecule has 3 fully saturated rings. The van der Waals surface area contributed by atoms with E-state index in [-0.39, 0.29) is 37.5 Å². The van der Waals surface area contributed by atoms with E-state index in [0.717, 1.165) is 0 Å². The van der Waals surface area contributed by atoms with Gasteiger partial charge in [-0.25, -0.2) is 0 Å². The lowest BCUT2D eigenvalue weighted by atomic mass is 9.66. The molecular weight excluding hydrogens is 520 g/mol. The molecule has 1 N–H and O–H groups in total. The molecule has 8 nitrogen and oxygen atoms in total. The first-order valence-corrected chi connectivity index (χ1v) is 14.1. The van der Waals surface area contributed by atoms with Crippen molar-refractivity contribution >= 4 is 35.1 Å². The molecule has 1 spiro atoms. The monoisotopic (exact) mass is 558 g/mol. The largest absolute Gasteiger partial charge is 0.465 e. The maximum absolute atomic E-state index is 14.6. The molecule has 9 heteroatoms. The number of benzene rings is 1. The maximum Gasteiger partial charge on any atom is 0.312 e. The number of anilines is 1. The fraction of sp³-hybridized carbons (Fsp3) is 0.567. The molecule has 2 unspecified atom stereocenters. The van der Waals surface area contributed by atoms with Crippen molar-refractivity contribution in [3.05, 3.63) is 54.6 Å². The highest BCUT2D eigenvalue weighted by molar-refractivity contribution is 6.34. The number of ether oxygens (including phenoxy) is 2. The Bertz CT molecular complexity index is 1140. The van der Waals surface area contributed by atoms with Gasteiger partial charge in [0, 0.05) is 6.54 Å². The van der Waals surface area contributed by atoms with E-state index in [0.29, 0.717) is 36.4 Å². The summed E-state index contributed by atoms with van der Waals surface area (Å²) >= 11 is 6.52. The van der Waals surface area contributed by atoms with Crippen LogP contribution < -0.4 is 4.90 Å². The summed E-state index contributed by atoms with van der Waals surface area (Å²) in [6, 6.07) is 5.30. The van der Waals surface area contributed by atoms with Gasteiger partial charge in [-0.2, -0.15) is 0 Å². The van der Waals surface area contributed by atoms with Gasteiger partial charge in [-0.3, -0.25) is 14.4 Å². The number of carbonyl (C=O) groups is 3. The van der Waals surface area contributed by atoms with Gasteiger partial charge in [0.05, 0.1) is 41.5 Å². The minimum Gasteiger partial charge on any atom is -0.465 e. The predicted molar refractivity (Wildman–Crippen MR) is 149 cm³/mol. The number of fused-ring (bicyclic) bond motifs is 1. The predicted octanol–water partition coefficient (Wildman–Crippen LogP) is 4.15. The van der Waals surface area contributed by atoms with Crippen LogP contribution in [0.2, 0.25) is 5.02 Å². The Hall–Kier alpha value is -2.68. The molecule has 3 heterocycles. The van der Waals surface area contributed by atoms with Gasteiger partial charge in [-0.1, -0.05) is 56.2 Å². The molecule has 2 amide bonds. The van der Waals surface area contributed by atoms with Gasteiger partial charge in [0.1, 0.15) is 17.6 Å². The number of para-hydroxylation sites is 1. The second-order valence-corrected chi connectivity index (χ2v) is 11.4. The fourth-order valence-electron chi connectivity index (χ4n) is 6.76. The van der Waals surface area contributed by atoms with Crippen LogP contribution in [0.4, 0.5) is 5.69 Å². The second kappa shape index (κ2) is 11.4. The molecule has 4 rings (SSSR count). The van der Waals surface area contributed by atoms with Crippen molar-refractivity contribution in [3.8, 4) is 0 Å². The number of amides is 2. The Morgan fingerprint density at radius 3 is 2.64 bits per heavy atom. The highest BCUT2D eigenvalue weighted by atomic mass is 35.5. The Morgan fingerprint density at radius 1 is 1.31 bits per heavy atom. The summed E-state index contributed by atoms with van der Waals surface area (Å²) in [5.74, 6) is -3.14. The van der Waals surface area contributed by atoms with Crippen molar-refractivity contribution in [3.63, 3.8) is 0 Å². The normalized spacial score (nSPS) is 30.5. The van der Waals surface area contributed by atoms with Crippen LogP contribution in [0.15, 0.2) is 49.6 Å². The van der Waals surface area contributed by atoms with Crippen LogP contribution in [0.25, 0.3) is 0 Å². The molecule has 2 bridgehead atoms. The van der Waals surface area contributed by atoms with E-state index in [1.807, 2.05) is 20.8 Å². The summed E-state index contributed by atoms with van der Waals surface area (Å²) in [6.45, 7) is 13.2. The fourth-order valence-corrected chi connectivity index (χ4v) is 7.00. The lowest BCUT2D eigenvalue weighted by Crippen LogP contribution is -2.60. The Balaban J connectivity index is 1.85. The summed E-state index contributed by atoms with van der Waals surface area (Å²) in [4.78, 5) is 45.4. The van der Waals surface area contributed by atoms with Gasteiger partial charge in [-0.05, 0) is 44.2 Å². The van der Waals surface area contributed by atoms with Gasteiger partial charge < -0.3 is 24.4 Å². The van der Waals surface area contributed by atoms with Crippen LogP contribution in [0, 0.1) is 17.8 Å². The highest BCUT2D eigenvalue weighted by Gasteiger charge is 2.79. The number of rotatable bonds is 12. The number of halogens is 1. The van der Waals surface area contributed by atoms with E-state index in [2.05, 4.69) is 13.2 Å². The minimum atomic E-state index is -1.24. The molecule has 3 aliphatic heterocycles. The summed E-state index contributed by atoms with van der Waals surface area (Å²) in [7, 11) is 0. The quantitative estimate of drug-likeness (QED) is 0.235. The number of hydrogen-bond acceptors (Lipinski definition) is 6. The Kier molecular flexibility index (Phi) is 8.59. The van der Waals surface area contributed by atoms with E-state index < -0.39 is 41.1 Å². The summed E-state index contributed by atoms with van der Waals surface area (Å²) < 4.78 is 12.2. The van der Waals surface area contributed by atoms with Crippen molar-refractivity contribution < 1.29 is 29.0 Å². The van der Waals surface area contributed by atoms with E-state index >= 15 is 0 Å². The third kappa shape index (κ3) is 4.70. The number of hydrogen-bond donors (Lipinski definition) is 1. The molecule has 39 heavy (non-hydrogen) atoms. The molecule has 1 aromatic carbocycles. The highest BCUT2D eigenvalue weighted by Crippen LogP contribution is 2.64. The van der Waals surface area contributed by atoms with Gasteiger partial charge in [0.25, 0.3) is 5.91 Å². The SMILES string of the molecule is C=CCCOC(=O)[C@@H]1[C@H]2C(=O)N([C@@H](CO)[C@@H](C)CC)C(C(=O)N(CC=C)c3ccccc3Cl)C23CC[C@@]1(C)O3. The molecule has 3 aliphatic rings. The third-order valence-electron chi connectivity index (χ3n) is 8.83. The molecule has 7 atom stereocenters. The van der Waals surface area contributed by atoms with Crippen LogP contribution >= 0.6 is 11.6 Å². The van der Waals surface area contributed by atoms with E-state index in [4.69, 9.17) is 21.1 Å². The first kappa shape index (κ1) is 29.3. The smallest absolute Gasteiger partial charge is 0.312 e. The average Bonchev–Trinajstić information content (AvgIpc) is 3.49. The van der Waals surface area contributed by atoms with E-state index in [1.54, 1.807) is 36.4 Å². The van der Waals surface area contributed by atoms with Crippen molar-refractivity contribution in [1.29, 1.82) is 0 Å². The van der Waals surface area contributed by atoms with Gasteiger partial charge >= 0.3 is 5.97 Å². The van der Waals surface area contributed by atoms with Crippen LogP contribution in [0.3, 0.4) is 0 Å². The van der Waals surface area contributed by atoms with Crippen LogP contribution in [-0.4, -0.2) is 70.8 Å². The summed E-state index contributed by atoms with van der Waals surface area (Å²) in [6.07, 6.45) is 5.35. The van der Waals surface area contributed by atoms with Crippen molar-refractivity contribution in [2.24, 2.45) is 17.8 Å². The number of likely N-dealkylation sites (tertiary alicyclic amines) is 1. The molecule has 0 aliphatic carbocycles. The van der Waals surface area contributed by atoms with Gasteiger partial charge in [0.15, 0.2) is 0 Å². The number of aliphatic hydroxyl groups excluding tert-OH is 1. The molecular formula is C30H39ClN2O6. The van der Waals surface area contributed by atoms with Crippen molar-refractivity contribution in [2.45, 2.75) is 69.7 Å². The van der Waals surface area contributed by atoms with E-state index in [9.17, 15) is 19.5 Å². The summed E-state index contributed by atoms with van der Waals surface area (Å²) in [5, 5.41) is 10.9. The third-order valence-corrected chi connectivity index (χ3v) is 9.15. The van der Waals surface area contributed by atoms with Crippen molar-refractivity contribution in [1.82, 2.24) is 4.90 Å². The number of aliphatic hydroxyl groups is 1. The lowest BCUT2D eigenvalue weighted by molar-refractivity contribution is -0.160. The zero-order valence-corrected chi connectivity index (χ0v) is 23.7. The second-order valence-electron chi connectivity index (χ2n) is 11.0. The molecule has 1 aromatic rings. The Morgan fingerprint density at radius 2 is 2.03 bits per heavy atom. The first-order valence-electron chi connectivity index (χ1n) is 13.7. The average molecular weight is 559 g/mol. The van der Waals surface area contributed by atoms with Crippen molar-refractivity contribution in [2.75, 3.05) is 24.7 Å². The van der Waals surface area contributed by atoms with E-state index in [1.165, 1.54) is 9.80 Å². The molecule has 212 valence electrons. The van der Waals surface area contributed by atoms with Crippen LogP contribution in [-0.2, 0) is 23.9 Å². The lowest BCUT2D eigenvalue weighted by Gasteiger charge is -2.41. The zero-order valence-electron chi connectivity index (χ0n) is 23.0. The van der Waals surface area contributed by atoms with Gasteiger partial charge in [0.2, 0.25) is 5.91 Å². The molecule has 0 radical (unpaired) electrons. The first-order chi connectivity index (χ1) is 18.6. The Labute approximate surface area is 235 Å². The van der Waals surface area contributed by atoms with Gasteiger partial charge in [-0.15, -0.1) is 13.2 Å².